The molecule has 2 aromatic carbocycles. The third kappa shape index (κ3) is 4.48. The molecule has 36 heavy (non-hydrogen) atoms. The van der Waals surface area contributed by atoms with E-state index in [1.165, 1.54) is 29.9 Å². The number of alkyl halides is 4. The number of pyridine rings is 1. The number of rotatable bonds is 7. The quantitative estimate of drug-likeness (QED) is 0.336. The number of methoxy groups -OCH3 is 1. The fourth-order valence-corrected chi connectivity index (χ4v) is 3.95. The van der Waals surface area contributed by atoms with Crippen molar-refractivity contribution < 1.29 is 31.5 Å². The number of halogens is 5. The van der Waals surface area contributed by atoms with Gasteiger partial charge in [-0.3, -0.25) is 4.79 Å². The molecule has 188 valence electrons. The summed E-state index contributed by atoms with van der Waals surface area (Å²) in [6.45, 7) is 1.15. The molecule has 2 heterocycles. The summed E-state index contributed by atoms with van der Waals surface area (Å²) in [5.41, 5.74) is 2.52. The summed E-state index contributed by atoms with van der Waals surface area (Å²) in [6, 6.07) is 10.6. The van der Waals surface area contributed by atoms with E-state index in [9.17, 15) is 26.7 Å². The molecule has 0 saturated carbocycles. The smallest absolute Gasteiger partial charge is 0.428 e. The average Bonchev–Trinajstić information content (AvgIpc) is 3.30. The number of hydrogen-bond acceptors (Lipinski definition) is 4. The van der Waals surface area contributed by atoms with Crippen molar-refractivity contribution in [3.05, 3.63) is 77.8 Å². The van der Waals surface area contributed by atoms with E-state index in [-0.39, 0.29) is 17.8 Å². The van der Waals surface area contributed by atoms with Gasteiger partial charge in [0, 0.05) is 29.8 Å². The lowest BCUT2D eigenvalue weighted by atomic mass is 9.98. The van der Waals surface area contributed by atoms with Crippen LogP contribution in [0.15, 0.2) is 55.0 Å². The number of fused-ring (bicyclic) bond motifs is 1. The van der Waals surface area contributed by atoms with E-state index in [2.05, 4.69) is 9.97 Å². The summed E-state index contributed by atoms with van der Waals surface area (Å²) in [7, 11) is 1.41. The van der Waals surface area contributed by atoms with Gasteiger partial charge in [-0.25, -0.2) is 18.7 Å². The normalized spacial score (nSPS) is 13.5. The maximum Gasteiger partial charge on any atom is 0.428 e. The maximum absolute atomic E-state index is 14.8. The lowest BCUT2D eigenvalue weighted by Crippen LogP contribution is -2.37. The van der Waals surface area contributed by atoms with Crippen molar-refractivity contribution in [2.45, 2.75) is 31.7 Å². The van der Waals surface area contributed by atoms with Gasteiger partial charge in [-0.05, 0) is 41.8 Å². The molecule has 0 bridgehead atoms. The first kappa shape index (κ1) is 25.1. The highest BCUT2D eigenvalue weighted by atomic mass is 19.4. The highest BCUT2D eigenvalue weighted by Gasteiger charge is 2.57. The van der Waals surface area contributed by atoms with Crippen LogP contribution in [0.1, 0.15) is 35.1 Å². The summed E-state index contributed by atoms with van der Waals surface area (Å²) in [4.78, 5) is 19.8. The largest absolute Gasteiger partial charge is 0.497 e. The molecule has 1 amide bonds. The molecule has 0 radical (unpaired) electrons. The zero-order valence-corrected chi connectivity index (χ0v) is 19.2. The number of imidazole rings is 1. The van der Waals surface area contributed by atoms with Gasteiger partial charge in [-0.1, -0.05) is 19.1 Å². The van der Waals surface area contributed by atoms with Crippen molar-refractivity contribution in [3.8, 4) is 16.9 Å². The highest BCUT2D eigenvalue weighted by molar-refractivity contribution is 6.01. The lowest BCUT2D eigenvalue weighted by Gasteiger charge is -2.24. The van der Waals surface area contributed by atoms with Gasteiger partial charge in [0.15, 0.2) is 0 Å². The van der Waals surface area contributed by atoms with E-state index in [1.54, 1.807) is 24.3 Å². The van der Waals surface area contributed by atoms with E-state index >= 15 is 0 Å². The molecule has 1 unspecified atom stereocenters. The zero-order chi connectivity index (χ0) is 26.3. The molecule has 4 rings (SSSR count). The Hall–Kier alpha value is -4.02. The highest BCUT2D eigenvalue weighted by Crippen LogP contribution is 2.44. The number of amides is 1. The summed E-state index contributed by atoms with van der Waals surface area (Å²) in [5, 5.41) is 0.518. The first-order valence-corrected chi connectivity index (χ1v) is 10.8. The van der Waals surface area contributed by atoms with Gasteiger partial charge in [0.2, 0.25) is 5.67 Å². The number of benzene rings is 2. The van der Waals surface area contributed by atoms with Crippen molar-refractivity contribution in [1.29, 1.82) is 0 Å². The second-order valence-corrected chi connectivity index (χ2v) is 8.20. The number of nitrogens with zero attached hydrogens (tertiary/aromatic N) is 3. The number of primary amides is 1. The van der Waals surface area contributed by atoms with Crippen LogP contribution in [0, 0.1) is 5.82 Å². The van der Waals surface area contributed by atoms with Crippen molar-refractivity contribution in [3.63, 3.8) is 0 Å². The molecular formula is C25H21F5N4O2. The van der Waals surface area contributed by atoms with Gasteiger partial charge in [0.1, 0.15) is 23.0 Å². The first-order chi connectivity index (χ1) is 17.0. The molecule has 1 atom stereocenters. The Morgan fingerprint density at radius 1 is 1.08 bits per heavy atom. The van der Waals surface area contributed by atoms with Crippen LogP contribution in [0.5, 0.6) is 5.75 Å². The second kappa shape index (κ2) is 9.21. The van der Waals surface area contributed by atoms with E-state index in [0.717, 1.165) is 19.4 Å². The summed E-state index contributed by atoms with van der Waals surface area (Å²) < 4.78 is 75.6. The number of ether oxygens (including phenoxy) is 1. The van der Waals surface area contributed by atoms with Gasteiger partial charge >= 0.3 is 6.18 Å². The molecule has 4 aromatic rings. The Kier molecular flexibility index (Phi) is 6.42. The minimum atomic E-state index is -5.11. The molecule has 6 nitrogen and oxygen atoms in total. The predicted molar refractivity (Wildman–Crippen MR) is 123 cm³/mol. The Balaban J connectivity index is 1.75. The average molecular weight is 504 g/mol. The Bertz CT molecular complexity index is 1450. The van der Waals surface area contributed by atoms with Crippen LogP contribution in [0.4, 0.5) is 22.0 Å². The van der Waals surface area contributed by atoms with E-state index in [4.69, 9.17) is 10.5 Å². The van der Waals surface area contributed by atoms with Crippen molar-refractivity contribution in [1.82, 2.24) is 14.5 Å². The number of carbonyl (C=O) groups is 1. The monoisotopic (exact) mass is 504 g/mol. The summed E-state index contributed by atoms with van der Waals surface area (Å²) in [6.07, 6.45) is -3.80. The molecule has 0 aliphatic carbocycles. The molecule has 0 fully saturated rings. The lowest BCUT2D eigenvalue weighted by molar-refractivity contribution is -0.238. The zero-order valence-electron chi connectivity index (χ0n) is 19.2. The minimum Gasteiger partial charge on any atom is -0.497 e. The van der Waals surface area contributed by atoms with Crippen LogP contribution < -0.4 is 10.5 Å². The minimum absolute atomic E-state index is 0.0509. The molecule has 0 spiro atoms. The number of nitrogens with two attached hydrogens (primary N) is 1. The Morgan fingerprint density at radius 2 is 1.83 bits per heavy atom. The molecule has 0 aliphatic rings. The van der Waals surface area contributed by atoms with Crippen molar-refractivity contribution in [2.75, 3.05) is 7.11 Å². The molecule has 0 saturated heterocycles. The second-order valence-electron chi connectivity index (χ2n) is 8.20. The van der Waals surface area contributed by atoms with Crippen LogP contribution >= 0.6 is 0 Å². The fraction of sp³-hybridized carbons (Fsp3) is 0.240. The maximum atomic E-state index is 14.8. The van der Waals surface area contributed by atoms with Gasteiger partial charge in [-0.15, -0.1) is 0 Å². The number of aromatic nitrogens is 3. The van der Waals surface area contributed by atoms with Crippen molar-refractivity contribution in [2.24, 2.45) is 5.73 Å². The van der Waals surface area contributed by atoms with Crippen LogP contribution in [-0.2, 0) is 12.2 Å². The molecule has 2 aromatic heterocycles. The molecular weight excluding hydrogens is 483 g/mol. The van der Waals surface area contributed by atoms with Crippen LogP contribution in [0.3, 0.4) is 0 Å². The Labute approximate surface area is 202 Å². The topological polar surface area (TPSA) is 83.0 Å². The summed E-state index contributed by atoms with van der Waals surface area (Å²) >= 11 is 0. The van der Waals surface area contributed by atoms with Gasteiger partial charge < -0.3 is 15.0 Å². The number of carbonyl (C=O) groups excluding carboxylic acids is 1. The van der Waals surface area contributed by atoms with E-state index < -0.39 is 35.7 Å². The number of hydrogen-bond donors (Lipinski definition) is 1. The van der Waals surface area contributed by atoms with Gasteiger partial charge in [0.05, 0.1) is 19.0 Å². The first-order valence-electron chi connectivity index (χ1n) is 10.8. The third-order valence-corrected chi connectivity index (χ3v) is 5.93. The predicted octanol–water partition coefficient (Wildman–Crippen LogP) is 5.53. The third-order valence-electron chi connectivity index (χ3n) is 5.93. The molecule has 2 N–H and O–H groups in total. The van der Waals surface area contributed by atoms with Gasteiger partial charge in [-0.2, -0.15) is 13.2 Å². The van der Waals surface area contributed by atoms with Crippen LogP contribution in [-0.4, -0.2) is 33.7 Å². The van der Waals surface area contributed by atoms with Crippen LogP contribution in [0.25, 0.3) is 22.0 Å². The standard InChI is InChI=1S/C25H21F5N4O2/c1-3-24(27,25(28,29)30)22-12-34(13-32-22)11-14-4-6-17-18(10-21(23(31)35)33-20(17)8-14)16-7-5-15(36-2)9-19(16)26/h4-10,12-13H,3,11H2,1-2H3,(H2,31,35). The fourth-order valence-electron chi connectivity index (χ4n) is 3.95. The molecule has 0 aliphatic heterocycles. The molecule has 11 heteroatoms. The van der Waals surface area contributed by atoms with E-state index in [1.807, 2.05) is 0 Å². The SMILES string of the molecule is CCC(F)(c1cn(Cc2ccc3c(-c4ccc(OC)cc4F)cc(C(N)=O)nc3c2)cn1)C(F)(F)F. The van der Waals surface area contributed by atoms with E-state index in [0.29, 0.717) is 27.8 Å². The van der Waals surface area contributed by atoms with Gasteiger partial charge in [0.25, 0.3) is 5.91 Å². The van der Waals surface area contributed by atoms with Crippen LogP contribution in [0.2, 0.25) is 0 Å². The van der Waals surface area contributed by atoms with Crippen molar-refractivity contribution >= 4 is 16.8 Å². The Morgan fingerprint density at radius 3 is 2.44 bits per heavy atom. The summed E-state index contributed by atoms with van der Waals surface area (Å²) in [5.74, 6) is -1.08.